The summed E-state index contributed by atoms with van der Waals surface area (Å²) in [6, 6.07) is 2.29. The van der Waals surface area contributed by atoms with Gasteiger partial charge in [-0.25, -0.2) is 4.98 Å². The van der Waals surface area contributed by atoms with Gasteiger partial charge in [-0.2, -0.15) is 4.98 Å². The molecule has 0 radical (unpaired) electrons. The fraction of sp³-hybridized carbons (Fsp3) is 0.692. The molecule has 1 fully saturated rings. The van der Waals surface area contributed by atoms with Gasteiger partial charge < -0.3 is 10.5 Å². The summed E-state index contributed by atoms with van der Waals surface area (Å²) in [6.07, 6.45) is 9.66. The fourth-order valence-electron chi connectivity index (χ4n) is 2.28. The van der Waals surface area contributed by atoms with Crippen molar-refractivity contribution < 1.29 is 4.74 Å². The number of ether oxygens (including phenoxy) is 1. The van der Waals surface area contributed by atoms with Crippen LogP contribution in [0.15, 0.2) is 12.3 Å². The molecule has 1 aromatic rings. The van der Waals surface area contributed by atoms with Gasteiger partial charge in [-0.3, -0.25) is 0 Å². The lowest BCUT2D eigenvalue weighted by molar-refractivity contribution is 0.217. The second-order valence-corrected chi connectivity index (χ2v) is 4.70. The first kappa shape index (κ1) is 12.3. The predicted octanol–water partition coefficient (Wildman–Crippen LogP) is 2.28. The van der Waals surface area contributed by atoms with E-state index in [-0.39, 0.29) is 0 Å². The molecule has 4 heteroatoms. The molecular weight excluding hydrogens is 214 g/mol. The van der Waals surface area contributed by atoms with Gasteiger partial charge in [-0.05, 0) is 24.8 Å². The maximum absolute atomic E-state index is 5.67. The van der Waals surface area contributed by atoms with Crippen LogP contribution in [-0.2, 0) is 6.54 Å². The molecule has 0 aliphatic heterocycles. The van der Waals surface area contributed by atoms with E-state index in [0.717, 1.165) is 12.3 Å². The maximum Gasteiger partial charge on any atom is 0.316 e. The molecule has 17 heavy (non-hydrogen) atoms. The highest BCUT2D eigenvalue weighted by Gasteiger charge is 2.13. The number of aromatic nitrogens is 2. The van der Waals surface area contributed by atoms with Crippen LogP contribution in [-0.4, -0.2) is 16.6 Å². The average Bonchev–Trinajstić information content (AvgIpc) is 2.65. The van der Waals surface area contributed by atoms with Crippen molar-refractivity contribution in [1.82, 2.24) is 9.97 Å². The molecule has 2 rings (SSSR count). The zero-order chi connectivity index (χ0) is 11.9. The standard InChI is InChI=1S/C13H21N3O/c14-9-12-7-8-15-13(16-12)17-10-11-5-3-1-2-4-6-11/h7-8,11H,1-6,9-10,14H2. The van der Waals surface area contributed by atoms with E-state index >= 15 is 0 Å². The van der Waals surface area contributed by atoms with Crippen LogP contribution in [0.3, 0.4) is 0 Å². The number of nitrogens with two attached hydrogens (primary N) is 1. The molecule has 0 spiro atoms. The van der Waals surface area contributed by atoms with Gasteiger partial charge in [0.1, 0.15) is 0 Å². The first-order valence-corrected chi connectivity index (χ1v) is 6.53. The third-order valence-corrected chi connectivity index (χ3v) is 3.32. The Morgan fingerprint density at radius 2 is 2.00 bits per heavy atom. The molecule has 1 aliphatic carbocycles. The van der Waals surface area contributed by atoms with Crippen molar-refractivity contribution in [3.8, 4) is 6.01 Å². The summed E-state index contributed by atoms with van der Waals surface area (Å²) < 4.78 is 5.67. The van der Waals surface area contributed by atoms with Gasteiger partial charge >= 0.3 is 6.01 Å². The van der Waals surface area contributed by atoms with Gasteiger partial charge in [-0.1, -0.05) is 25.7 Å². The second-order valence-electron chi connectivity index (χ2n) is 4.70. The fourth-order valence-corrected chi connectivity index (χ4v) is 2.28. The number of nitrogens with zero attached hydrogens (tertiary/aromatic N) is 2. The van der Waals surface area contributed by atoms with Crippen LogP contribution in [0.2, 0.25) is 0 Å². The van der Waals surface area contributed by atoms with Gasteiger partial charge in [-0.15, -0.1) is 0 Å². The summed E-state index contributed by atoms with van der Waals surface area (Å²) in [5, 5.41) is 0. The van der Waals surface area contributed by atoms with Crippen molar-refractivity contribution in [2.75, 3.05) is 6.61 Å². The van der Waals surface area contributed by atoms with E-state index in [2.05, 4.69) is 9.97 Å². The van der Waals surface area contributed by atoms with E-state index in [1.165, 1.54) is 38.5 Å². The van der Waals surface area contributed by atoms with Crippen molar-refractivity contribution in [2.45, 2.75) is 45.1 Å². The van der Waals surface area contributed by atoms with Gasteiger partial charge in [0.25, 0.3) is 0 Å². The molecule has 1 heterocycles. The number of hydrogen-bond acceptors (Lipinski definition) is 4. The first-order valence-electron chi connectivity index (χ1n) is 6.53. The lowest BCUT2D eigenvalue weighted by Gasteiger charge is -2.14. The zero-order valence-electron chi connectivity index (χ0n) is 10.3. The molecule has 1 saturated carbocycles. The minimum atomic E-state index is 0.433. The Morgan fingerprint density at radius 3 is 2.71 bits per heavy atom. The molecule has 1 aromatic heterocycles. The SMILES string of the molecule is NCc1ccnc(OCC2CCCCCC2)n1. The number of hydrogen-bond donors (Lipinski definition) is 1. The van der Waals surface area contributed by atoms with Crippen LogP contribution in [0.1, 0.15) is 44.2 Å². The summed E-state index contributed by atoms with van der Waals surface area (Å²) in [7, 11) is 0. The highest BCUT2D eigenvalue weighted by Crippen LogP contribution is 2.23. The van der Waals surface area contributed by atoms with Crippen molar-refractivity contribution >= 4 is 0 Å². The summed E-state index contributed by atoms with van der Waals surface area (Å²) in [6.45, 7) is 1.18. The molecule has 4 nitrogen and oxygen atoms in total. The monoisotopic (exact) mass is 235 g/mol. The maximum atomic E-state index is 5.67. The van der Waals surface area contributed by atoms with Crippen LogP contribution in [0.4, 0.5) is 0 Å². The molecule has 2 N–H and O–H groups in total. The van der Waals surface area contributed by atoms with Crippen molar-refractivity contribution in [1.29, 1.82) is 0 Å². The Morgan fingerprint density at radius 1 is 1.24 bits per heavy atom. The van der Waals surface area contributed by atoms with E-state index in [0.29, 0.717) is 18.5 Å². The molecule has 0 unspecified atom stereocenters. The molecule has 0 aromatic carbocycles. The Kier molecular flexibility index (Phi) is 4.74. The topological polar surface area (TPSA) is 61.0 Å². The molecule has 0 saturated heterocycles. The Labute approximate surface area is 103 Å². The molecule has 0 amide bonds. The van der Waals surface area contributed by atoms with E-state index < -0.39 is 0 Å². The largest absolute Gasteiger partial charge is 0.463 e. The molecular formula is C13H21N3O. The van der Waals surface area contributed by atoms with E-state index in [9.17, 15) is 0 Å². The Hall–Kier alpha value is -1.16. The number of rotatable bonds is 4. The zero-order valence-corrected chi connectivity index (χ0v) is 10.3. The lowest BCUT2D eigenvalue weighted by Crippen LogP contribution is -2.13. The second kappa shape index (κ2) is 6.55. The minimum absolute atomic E-state index is 0.433. The molecule has 94 valence electrons. The molecule has 0 atom stereocenters. The molecule has 1 aliphatic rings. The lowest BCUT2D eigenvalue weighted by atomic mass is 10.0. The smallest absolute Gasteiger partial charge is 0.316 e. The Balaban J connectivity index is 1.83. The van der Waals surface area contributed by atoms with E-state index in [1.807, 2.05) is 6.07 Å². The average molecular weight is 235 g/mol. The predicted molar refractivity (Wildman–Crippen MR) is 66.6 cm³/mol. The summed E-state index contributed by atoms with van der Waals surface area (Å²) in [5.74, 6) is 0.669. The van der Waals surface area contributed by atoms with E-state index in [4.69, 9.17) is 10.5 Å². The van der Waals surface area contributed by atoms with Crippen LogP contribution in [0.5, 0.6) is 6.01 Å². The van der Waals surface area contributed by atoms with Gasteiger partial charge in [0.05, 0.1) is 12.3 Å². The molecule has 0 bridgehead atoms. The van der Waals surface area contributed by atoms with Gasteiger partial charge in [0.15, 0.2) is 0 Å². The van der Waals surface area contributed by atoms with E-state index in [1.54, 1.807) is 6.20 Å². The third kappa shape index (κ3) is 3.97. The minimum Gasteiger partial charge on any atom is -0.463 e. The first-order chi connectivity index (χ1) is 8.38. The van der Waals surface area contributed by atoms with Crippen LogP contribution >= 0.6 is 0 Å². The van der Waals surface area contributed by atoms with Crippen molar-refractivity contribution in [2.24, 2.45) is 11.7 Å². The van der Waals surface area contributed by atoms with Crippen molar-refractivity contribution in [3.63, 3.8) is 0 Å². The van der Waals surface area contributed by atoms with Crippen LogP contribution < -0.4 is 10.5 Å². The summed E-state index contributed by atoms with van der Waals surface area (Å²) >= 11 is 0. The van der Waals surface area contributed by atoms with Gasteiger partial charge in [0.2, 0.25) is 0 Å². The van der Waals surface area contributed by atoms with Gasteiger partial charge in [0, 0.05) is 12.7 Å². The summed E-state index contributed by atoms with van der Waals surface area (Å²) in [5.41, 5.74) is 6.36. The third-order valence-electron chi connectivity index (χ3n) is 3.32. The van der Waals surface area contributed by atoms with Crippen LogP contribution in [0, 0.1) is 5.92 Å². The highest BCUT2D eigenvalue weighted by molar-refractivity contribution is 5.04. The quantitative estimate of drug-likeness (QED) is 0.813. The highest BCUT2D eigenvalue weighted by atomic mass is 16.5. The summed E-state index contributed by atoms with van der Waals surface area (Å²) in [4.78, 5) is 8.35. The van der Waals surface area contributed by atoms with Crippen LogP contribution in [0.25, 0.3) is 0 Å². The Bertz CT molecular complexity index is 335. The normalized spacial score (nSPS) is 17.7. The van der Waals surface area contributed by atoms with Crippen molar-refractivity contribution in [3.05, 3.63) is 18.0 Å².